The smallest absolute Gasteiger partial charge is 0.163 e. The maximum absolute atomic E-state index is 17.0. The van der Waals surface area contributed by atoms with Crippen LogP contribution >= 0.6 is 77.2 Å². The molecule has 2 atom stereocenters. The first-order chi connectivity index (χ1) is 30.8. The SMILES string of the molecule is CCCCCCC(CCCC)COc1cc2nc3c(-c4ccc(-c5ccc(Br)s5)s4)cc(F)c(-c4ccc(-c5ccc(Br)s5)s4)c3nc2cc1OCC(CCCC)CCCCCC. The van der Waals surface area contributed by atoms with E-state index in [-0.39, 0.29) is 5.82 Å². The normalized spacial score (nSPS) is 12.7. The molecule has 0 N–H and O–H groups in total. The second-order valence-electron chi connectivity index (χ2n) is 16.9. The van der Waals surface area contributed by atoms with Crippen LogP contribution in [0.5, 0.6) is 11.5 Å². The number of ether oxygens (including phenoxy) is 2. The van der Waals surface area contributed by atoms with Gasteiger partial charge in [-0.15, -0.1) is 45.3 Å². The zero-order chi connectivity index (χ0) is 44.1. The van der Waals surface area contributed by atoms with Crippen molar-refractivity contribution in [3.8, 4) is 51.9 Å². The molecule has 0 radical (unpaired) electrons. The molecule has 336 valence electrons. The summed E-state index contributed by atoms with van der Waals surface area (Å²) in [4.78, 5) is 17.1. The van der Waals surface area contributed by atoms with Gasteiger partial charge in [0.25, 0.3) is 0 Å². The van der Waals surface area contributed by atoms with E-state index in [4.69, 9.17) is 19.4 Å². The van der Waals surface area contributed by atoms with Gasteiger partial charge in [0.2, 0.25) is 0 Å². The molecule has 11 heteroatoms. The van der Waals surface area contributed by atoms with Crippen LogP contribution in [0.3, 0.4) is 0 Å². The summed E-state index contributed by atoms with van der Waals surface area (Å²) in [5.41, 5.74) is 3.83. The molecule has 0 aliphatic rings. The highest BCUT2D eigenvalue weighted by Crippen LogP contribution is 2.46. The van der Waals surface area contributed by atoms with Gasteiger partial charge in [0.15, 0.2) is 11.5 Å². The van der Waals surface area contributed by atoms with E-state index >= 15 is 4.39 Å². The lowest BCUT2D eigenvalue weighted by atomic mass is 9.96. The predicted molar refractivity (Wildman–Crippen MR) is 280 cm³/mol. The molecule has 4 nitrogen and oxygen atoms in total. The Bertz CT molecular complexity index is 2520. The Kier molecular flexibility index (Phi) is 18.5. The summed E-state index contributed by atoms with van der Waals surface area (Å²) >= 11 is 13.9. The van der Waals surface area contributed by atoms with Gasteiger partial charge in [0.05, 0.1) is 42.9 Å². The molecule has 5 aromatic heterocycles. The number of fused-ring (bicyclic) bond motifs is 2. The van der Waals surface area contributed by atoms with Crippen molar-refractivity contribution in [3.05, 3.63) is 80.1 Å². The van der Waals surface area contributed by atoms with Crippen LogP contribution in [0.4, 0.5) is 4.39 Å². The van der Waals surface area contributed by atoms with Crippen LogP contribution in [0, 0.1) is 17.7 Å². The minimum Gasteiger partial charge on any atom is -0.489 e. The Balaban J connectivity index is 1.33. The second-order valence-corrected chi connectivity index (χ2v) is 24.0. The maximum atomic E-state index is 17.0. The van der Waals surface area contributed by atoms with E-state index in [1.54, 1.807) is 51.4 Å². The molecular formula is C52H61Br2FN2O2S4. The highest BCUT2D eigenvalue weighted by atomic mass is 79.9. The average Bonchev–Trinajstić information content (AvgIpc) is 4.13. The van der Waals surface area contributed by atoms with Crippen molar-refractivity contribution in [3.63, 3.8) is 0 Å². The van der Waals surface area contributed by atoms with Gasteiger partial charge in [-0.25, -0.2) is 14.4 Å². The molecule has 0 amide bonds. The zero-order valence-electron chi connectivity index (χ0n) is 37.2. The van der Waals surface area contributed by atoms with Crippen molar-refractivity contribution >= 4 is 99.3 Å². The highest BCUT2D eigenvalue weighted by Gasteiger charge is 2.24. The summed E-state index contributed by atoms with van der Waals surface area (Å²) in [6, 6.07) is 22.4. The second kappa shape index (κ2) is 24.2. The summed E-state index contributed by atoms with van der Waals surface area (Å²) in [5.74, 6) is 2.06. The summed E-state index contributed by atoms with van der Waals surface area (Å²) in [6.45, 7) is 10.4. The molecule has 0 aliphatic heterocycles. The van der Waals surface area contributed by atoms with Crippen LogP contribution in [0.1, 0.15) is 130 Å². The standard InChI is InChI=1S/C52H61Br2FN2O2S4/c1-5-9-13-15-19-34(17-11-7-3)32-58-40-30-38-39(31-41(40)59-33-35(18-12-8-4)20-16-14-10-6-2)57-52-50(47-24-23-44(61-47)46-26-28-49(54)63-46)37(55)29-36(51(52)56-38)42-21-22-43(60-42)45-25-27-48(53)62-45/h21-31,34-35H,5-20,32-33H2,1-4H3. The minimum absolute atomic E-state index is 0.309. The third-order valence-electron chi connectivity index (χ3n) is 11.9. The van der Waals surface area contributed by atoms with Crippen molar-refractivity contribution in [1.29, 1.82) is 0 Å². The first-order valence-corrected chi connectivity index (χ1v) is 28.1. The van der Waals surface area contributed by atoms with Crippen molar-refractivity contribution in [2.24, 2.45) is 11.8 Å². The largest absolute Gasteiger partial charge is 0.489 e. The molecule has 0 saturated heterocycles. The van der Waals surface area contributed by atoms with Crippen molar-refractivity contribution < 1.29 is 13.9 Å². The number of thiophene rings is 4. The van der Waals surface area contributed by atoms with Crippen LogP contribution in [0.25, 0.3) is 62.5 Å². The number of hydrogen-bond acceptors (Lipinski definition) is 8. The van der Waals surface area contributed by atoms with E-state index in [1.165, 1.54) is 83.5 Å². The van der Waals surface area contributed by atoms with Gasteiger partial charge in [-0.2, -0.15) is 0 Å². The third kappa shape index (κ3) is 12.8. The predicted octanol–water partition coefficient (Wildman–Crippen LogP) is 19.7. The fourth-order valence-corrected chi connectivity index (χ4v) is 13.3. The topological polar surface area (TPSA) is 44.2 Å². The Morgan fingerprint density at radius 3 is 1.41 bits per heavy atom. The Morgan fingerprint density at radius 2 is 0.921 bits per heavy atom. The van der Waals surface area contributed by atoms with E-state index in [0.717, 1.165) is 67.4 Å². The third-order valence-corrected chi connectivity index (χ3v) is 17.8. The number of benzene rings is 2. The van der Waals surface area contributed by atoms with E-state index in [1.807, 2.05) is 18.2 Å². The molecule has 7 aromatic rings. The van der Waals surface area contributed by atoms with Gasteiger partial charge in [-0.3, -0.25) is 0 Å². The number of halogens is 3. The molecule has 2 aromatic carbocycles. The zero-order valence-corrected chi connectivity index (χ0v) is 43.6. The molecule has 0 bridgehead atoms. The molecule has 0 fully saturated rings. The maximum Gasteiger partial charge on any atom is 0.163 e. The lowest BCUT2D eigenvalue weighted by molar-refractivity contribution is 0.193. The summed E-state index contributed by atoms with van der Waals surface area (Å²) in [6.07, 6.45) is 19.4. The first-order valence-electron chi connectivity index (χ1n) is 23.2. The van der Waals surface area contributed by atoms with Gasteiger partial charge in [0.1, 0.15) is 11.3 Å². The molecule has 5 heterocycles. The van der Waals surface area contributed by atoms with Crippen LogP contribution < -0.4 is 9.47 Å². The van der Waals surface area contributed by atoms with E-state index in [0.29, 0.717) is 58.4 Å². The van der Waals surface area contributed by atoms with Crippen molar-refractivity contribution in [2.45, 2.75) is 130 Å². The Hall–Kier alpha value is -2.67. The number of nitrogens with zero attached hydrogens (tertiary/aromatic N) is 2. The quantitative estimate of drug-likeness (QED) is 0.0400. The number of unbranched alkanes of at least 4 members (excludes halogenated alkanes) is 8. The molecule has 0 spiro atoms. The number of aromatic nitrogens is 2. The first kappa shape index (κ1) is 48.3. The van der Waals surface area contributed by atoms with Crippen LogP contribution in [-0.2, 0) is 0 Å². The van der Waals surface area contributed by atoms with Crippen molar-refractivity contribution in [1.82, 2.24) is 9.97 Å². The summed E-state index contributed by atoms with van der Waals surface area (Å²) in [7, 11) is 0. The van der Waals surface area contributed by atoms with Gasteiger partial charge < -0.3 is 9.47 Å². The highest BCUT2D eigenvalue weighted by molar-refractivity contribution is 9.11. The fourth-order valence-electron chi connectivity index (χ4n) is 8.31. The fraction of sp³-hybridized carbons (Fsp3) is 0.462. The summed E-state index contributed by atoms with van der Waals surface area (Å²) in [5, 5.41) is 0. The Labute approximate surface area is 407 Å². The molecule has 7 rings (SSSR count). The van der Waals surface area contributed by atoms with E-state index < -0.39 is 0 Å². The van der Waals surface area contributed by atoms with Gasteiger partial charge in [0, 0.05) is 47.0 Å². The number of hydrogen-bond donors (Lipinski definition) is 0. The monoisotopic (exact) mass is 1050 g/mol. The lowest BCUT2D eigenvalue weighted by Gasteiger charge is -2.22. The lowest BCUT2D eigenvalue weighted by Crippen LogP contribution is -2.15. The van der Waals surface area contributed by atoms with Crippen LogP contribution in [-0.4, -0.2) is 23.2 Å². The average molecular weight is 1050 g/mol. The Morgan fingerprint density at radius 1 is 0.492 bits per heavy atom. The molecule has 63 heavy (non-hydrogen) atoms. The van der Waals surface area contributed by atoms with Crippen LogP contribution in [0.2, 0.25) is 0 Å². The van der Waals surface area contributed by atoms with E-state index in [9.17, 15) is 0 Å². The summed E-state index contributed by atoms with van der Waals surface area (Å²) < 4.78 is 32.9. The number of rotatable bonds is 26. The minimum atomic E-state index is -0.309. The van der Waals surface area contributed by atoms with Gasteiger partial charge in [-0.1, -0.05) is 105 Å². The van der Waals surface area contributed by atoms with Crippen molar-refractivity contribution in [2.75, 3.05) is 13.2 Å². The van der Waals surface area contributed by atoms with Gasteiger partial charge >= 0.3 is 0 Å². The molecule has 0 aliphatic carbocycles. The van der Waals surface area contributed by atoms with Crippen LogP contribution in [0.15, 0.2) is 74.3 Å². The van der Waals surface area contributed by atoms with E-state index in [2.05, 4.69) is 102 Å². The van der Waals surface area contributed by atoms with Gasteiger partial charge in [-0.05, 0) is 124 Å². The molecule has 0 saturated carbocycles. The molecular weight excluding hydrogens is 992 g/mol. The molecule has 2 unspecified atom stereocenters.